The van der Waals surface area contributed by atoms with Crippen LogP contribution in [-0.2, 0) is 6.54 Å². The predicted octanol–water partition coefficient (Wildman–Crippen LogP) is 3.15. The van der Waals surface area contributed by atoms with Crippen LogP contribution in [0.4, 0.5) is 0 Å². The Balaban J connectivity index is 1.73. The number of halogens is 1. The van der Waals surface area contributed by atoms with Gasteiger partial charge in [0.2, 0.25) is 0 Å². The zero-order valence-corrected chi connectivity index (χ0v) is 14.2. The number of benzene rings is 2. The Hall–Kier alpha value is -1.40. The van der Waals surface area contributed by atoms with Crippen molar-refractivity contribution < 1.29 is 4.79 Å². The van der Waals surface area contributed by atoms with E-state index in [-0.39, 0.29) is 5.91 Å². The van der Waals surface area contributed by atoms with Crippen molar-refractivity contribution in [2.24, 2.45) is 0 Å². The molecular weight excluding hydrogens is 375 g/mol. The number of hydrogen-bond acceptors (Lipinski definition) is 2. The van der Waals surface area contributed by atoms with Crippen LogP contribution in [0.15, 0.2) is 54.6 Å². The molecule has 0 bridgehead atoms. The molecule has 0 aliphatic carbocycles. The molecule has 2 rings (SSSR count). The second-order valence-corrected chi connectivity index (χ2v) is 6.23. The standard InChI is InChI=1S/C17H19IN2O/c1-20(13-14-5-3-2-4-6-14)12-11-19-17(21)15-7-9-16(18)10-8-15/h2-10H,11-13H2,1H3,(H,19,21). The monoisotopic (exact) mass is 394 g/mol. The fourth-order valence-corrected chi connectivity index (χ4v) is 2.40. The van der Waals surface area contributed by atoms with E-state index in [0.717, 1.165) is 16.7 Å². The summed E-state index contributed by atoms with van der Waals surface area (Å²) >= 11 is 2.23. The first-order valence-electron chi connectivity index (χ1n) is 6.91. The maximum Gasteiger partial charge on any atom is 0.251 e. The first-order valence-corrected chi connectivity index (χ1v) is 7.99. The van der Waals surface area contributed by atoms with Crippen LogP contribution in [0, 0.1) is 3.57 Å². The molecule has 0 saturated heterocycles. The molecule has 0 aliphatic heterocycles. The van der Waals surface area contributed by atoms with Crippen molar-refractivity contribution in [3.63, 3.8) is 0 Å². The minimum absolute atomic E-state index is 0.0143. The van der Waals surface area contributed by atoms with Crippen molar-refractivity contribution in [1.29, 1.82) is 0 Å². The topological polar surface area (TPSA) is 32.3 Å². The van der Waals surface area contributed by atoms with Crippen molar-refractivity contribution in [2.45, 2.75) is 6.54 Å². The minimum Gasteiger partial charge on any atom is -0.351 e. The molecule has 0 fully saturated rings. The van der Waals surface area contributed by atoms with Gasteiger partial charge in [0, 0.05) is 28.8 Å². The van der Waals surface area contributed by atoms with Crippen molar-refractivity contribution in [3.8, 4) is 0 Å². The van der Waals surface area contributed by atoms with E-state index in [1.165, 1.54) is 5.56 Å². The largest absolute Gasteiger partial charge is 0.351 e. The van der Waals surface area contributed by atoms with Gasteiger partial charge >= 0.3 is 0 Å². The van der Waals surface area contributed by atoms with E-state index in [1.54, 1.807) is 0 Å². The van der Waals surface area contributed by atoms with E-state index in [0.29, 0.717) is 12.1 Å². The van der Waals surface area contributed by atoms with Crippen molar-refractivity contribution in [2.75, 3.05) is 20.1 Å². The Morgan fingerprint density at radius 2 is 1.76 bits per heavy atom. The lowest BCUT2D eigenvalue weighted by Crippen LogP contribution is -2.32. The maximum atomic E-state index is 12.0. The van der Waals surface area contributed by atoms with Gasteiger partial charge < -0.3 is 10.2 Å². The molecule has 1 amide bonds. The molecule has 3 nitrogen and oxygen atoms in total. The summed E-state index contributed by atoms with van der Waals surface area (Å²) in [6.07, 6.45) is 0. The Morgan fingerprint density at radius 3 is 2.43 bits per heavy atom. The summed E-state index contributed by atoms with van der Waals surface area (Å²) in [5, 5.41) is 2.95. The van der Waals surface area contributed by atoms with E-state index < -0.39 is 0 Å². The number of carbonyl (C=O) groups excluding carboxylic acids is 1. The summed E-state index contributed by atoms with van der Waals surface area (Å²) in [4.78, 5) is 14.2. The molecule has 0 atom stereocenters. The molecule has 1 N–H and O–H groups in total. The molecule has 110 valence electrons. The van der Waals surface area contributed by atoms with Gasteiger partial charge in [-0.15, -0.1) is 0 Å². The molecule has 2 aromatic carbocycles. The van der Waals surface area contributed by atoms with Gasteiger partial charge in [0.15, 0.2) is 0 Å². The summed E-state index contributed by atoms with van der Waals surface area (Å²) in [6.45, 7) is 2.36. The van der Waals surface area contributed by atoms with Crippen LogP contribution in [-0.4, -0.2) is 30.9 Å². The molecule has 0 saturated carbocycles. The summed E-state index contributed by atoms with van der Waals surface area (Å²) in [7, 11) is 2.06. The van der Waals surface area contributed by atoms with Gasteiger partial charge in [-0.25, -0.2) is 0 Å². The van der Waals surface area contributed by atoms with Gasteiger partial charge in [-0.05, 0) is 59.5 Å². The van der Waals surface area contributed by atoms with Crippen LogP contribution in [0.1, 0.15) is 15.9 Å². The van der Waals surface area contributed by atoms with Gasteiger partial charge in [0.1, 0.15) is 0 Å². The number of carbonyl (C=O) groups is 1. The molecule has 0 aromatic heterocycles. The predicted molar refractivity (Wildman–Crippen MR) is 94.3 cm³/mol. The third-order valence-corrected chi connectivity index (χ3v) is 3.90. The lowest BCUT2D eigenvalue weighted by atomic mass is 10.2. The van der Waals surface area contributed by atoms with E-state index in [1.807, 2.05) is 42.5 Å². The third-order valence-electron chi connectivity index (χ3n) is 3.18. The van der Waals surface area contributed by atoms with Gasteiger partial charge in [0.25, 0.3) is 5.91 Å². The Morgan fingerprint density at radius 1 is 1.10 bits per heavy atom. The number of nitrogens with zero attached hydrogens (tertiary/aromatic N) is 1. The highest BCUT2D eigenvalue weighted by molar-refractivity contribution is 14.1. The van der Waals surface area contributed by atoms with Crippen molar-refractivity contribution >= 4 is 28.5 Å². The highest BCUT2D eigenvalue weighted by Crippen LogP contribution is 2.06. The average molecular weight is 394 g/mol. The van der Waals surface area contributed by atoms with Gasteiger partial charge in [-0.1, -0.05) is 30.3 Å². The smallest absolute Gasteiger partial charge is 0.251 e. The second kappa shape index (κ2) is 8.14. The van der Waals surface area contributed by atoms with Crippen molar-refractivity contribution in [3.05, 3.63) is 69.3 Å². The van der Waals surface area contributed by atoms with E-state index in [9.17, 15) is 4.79 Å². The van der Waals surface area contributed by atoms with Gasteiger partial charge in [-0.3, -0.25) is 4.79 Å². The molecule has 21 heavy (non-hydrogen) atoms. The molecule has 0 heterocycles. The first kappa shape index (κ1) is 16.0. The summed E-state index contributed by atoms with van der Waals surface area (Å²) in [5.41, 5.74) is 1.99. The van der Waals surface area contributed by atoms with E-state index in [4.69, 9.17) is 0 Å². The number of hydrogen-bond donors (Lipinski definition) is 1. The summed E-state index contributed by atoms with van der Waals surface area (Å²) < 4.78 is 1.13. The molecular formula is C17H19IN2O. The highest BCUT2D eigenvalue weighted by Gasteiger charge is 2.05. The lowest BCUT2D eigenvalue weighted by Gasteiger charge is -2.17. The first-order chi connectivity index (χ1) is 10.1. The van der Waals surface area contributed by atoms with E-state index in [2.05, 4.69) is 52.0 Å². The average Bonchev–Trinajstić information content (AvgIpc) is 2.49. The second-order valence-electron chi connectivity index (χ2n) is 4.99. The number of likely N-dealkylation sites (N-methyl/N-ethyl adjacent to an activating group) is 1. The third kappa shape index (κ3) is 5.47. The van der Waals surface area contributed by atoms with E-state index >= 15 is 0 Å². The summed E-state index contributed by atoms with van der Waals surface area (Å²) in [5.74, 6) is -0.0143. The zero-order valence-electron chi connectivity index (χ0n) is 12.1. The minimum atomic E-state index is -0.0143. The molecule has 2 aromatic rings. The normalized spacial score (nSPS) is 10.6. The molecule has 0 radical (unpaired) electrons. The Bertz CT molecular complexity index is 569. The highest BCUT2D eigenvalue weighted by atomic mass is 127. The Kier molecular flexibility index (Phi) is 6.20. The van der Waals surface area contributed by atoms with Crippen LogP contribution in [0.5, 0.6) is 0 Å². The molecule has 0 spiro atoms. The van der Waals surface area contributed by atoms with Crippen molar-refractivity contribution in [1.82, 2.24) is 10.2 Å². The quantitative estimate of drug-likeness (QED) is 0.764. The van der Waals surface area contributed by atoms with Crippen LogP contribution in [0.25, 0.3) is 0 Å². The Labute approximate surface area is 139 Å². The number of amides is 1. The van der Waals surface area contributed by atoms with Crippen LogP contribution >= 0.6 is 22.6 Å². The fourth-order valence-electron chi connectivity index (χ4n) is 2.04. The van der Waals surface area contributed by atoms with Gasteiger partial charge in [0.05, 0.1) is 0 Å². The fraction of sp³-hybridized carbons (Fsp3) is 0.235. The molecule has 0 unspecified atom stereocenters. The van der Waals surface area contributed by atoms with Crippen LogP contribution in [0.3, 0.4) is 0 Å². The number of rotatable bonds is 6. The lowest BCUT2D eigenvalue weighted by molar-refractivity contribution is 0.0949. The van der Waals surface area contributed by atoms with Crippen LogP contribution < -0.4 is 5.32 Å². The zero-order chi connectivity index (χ0) is 15.1. The van der Waals surface area contributed by atoms with Crippen LogP contribution in [0.2, 0.25) is 0 Å². The number of nitrogens with one attached hydrogen (secondary N) is 1. The maximum absolute atomic E-state index is 12.0. The van der Waals surface area contributed by atoms with Gasteiger partial charge in [-0.2, -0.15) is 0 Å². The molecule has 0 aliphatic rings. The summed E-state index contributed by atoms with van der Waals surface area (Å²) in [6, 6.07) is 17.9. The molecule has 4 heteroatoms. The SMILES string of the molecule is CN(CCNC(=O)c1ccc(I)cc1)Cc1ccccc1.